The van der Waals surface area contributed by atoms with Crippen LogP contribution in [0, 0.1) is 0 Å². The summed E-state index contributed by atoms with van der Waals surface area (Å²) in [6, 6.07) is 6.11. The van der Waals surface area contributed by atoms with Gasteiger partial charge in [-0.1, -0.05) is 32.0 Å². The number of methoxy groups -OCH3 is 1. The highest BCUT2D eigenvalue weighted by Gasteiger charge is 2.20. The summed E-state index contributed by atoms with van der Waals surface area (Å²) in [6.07, 6.45) is 1.75. The number of carbonyl (C=O) groups excluding carboxylic acids is 1. The van der Waals surface area contributed by atoms with Crippen molar-refractivity contribution in [1.29, 1.82) is 0 Å². The van der Waals surface area contributed by atoms with E-state index >= 15 is 0 Å². The molecule has 2 aromatic rings. The van der Waals surface area contributed by atoms with Crippen molar-refractivity contribution in [1.82, 2.24) is 15.0 Å². The average molecular weight is 499 g/mol. The zero-order valence-corrected chi connectivity index (χ0v) is 22.1. The number of halogens is 2. The maximum Gasteiger partial charge on any atom is 0.243 e. The summed E-state index contributed by atoms with van der Waals surface area (Å²) in [5.74, 6) is 0.807. The van der Waals surface area contributed by atoms with E-state index in [1.807, 2.05) is 45.9 Å². The molecule has 1 heterocycles. The third-order valence-corrected chi connectivity index (χ3v) is 4.74. The number of aromatic nitrogens is 3. The van der Waals surface area contributed by atoms with Gasteiger partial charge in [-0.3, -0.25) is 9.69 Å². The normalized spacial score (nSPS) is 10.8. The minimum Gasteiger partial charge on any atom is -0.364 e. The zero-order valence-electron chi connectivity index (χ0n) is 20.6. The molecule has 1 aromatic carbocycles. The molecule has 2 rings (SSSR count). The van der Waals surface area contributed by atoms with Crippen molar-refractivity contribution in [3.05, 3.63) is 34.6 Å². The third-order valence-electron chi connectivity index (χ3n) is 4.34. The Balaban J connectivity index is 0.000000335. The number of rotatable bonds is 9. The Labute approximate surface area is 207 Å². The molecule has 33 heavy (non-hydrogen) atoms. The molecule has 0 aliphatic rings. The molecule has 0 saturated heterocycles. The molecule has 0 bridgehead atoms. The number of anilines is 3. The van der Waals surface area contributed by atoms with Gasteiger partial charge < -0.3 is 15.4 Å². The topological polar surface area (TPSA) is 92.3 Å². The monoisotopic (exact) mass is 498 g/mol. The Kier molecular flexibility index (Phi) is 12.4. The van der Waals surface area contributed by atoms with Crippen molar-refractivity contribution in [3.8, 4) is 0 Å². The average Bonchev–Trinajstić information content (AvgIpc) is 2.75. The Morgan fingerprint density at radius 2 is 1.64 bits per heavy atom. The molecule has 0 aliphatic carbocycles. The number of carbonyl (C=O) groups is 1. The van der Waals surface area contributed by atoms with Gasteiger partial charge in [0.05, 0.1) is 5.69 Å². The van der Waals surface area contributed by atoms with Gasteiger partial charge in [0.15, 0.2) is 0 Å². The number of benzene rings is 1. The van der Waals surface area contributed by atoms with E-state index in [1.165, 1.54) is 0 Å². The highest BCUT2D eigenvalue weighted by Crippen LogP contribution is 2.27. The van der Waals surface area contributed by atoms with Crippen molar-refractivity contribution in [3.63, 3.8) is 0 Å². The first-order chi connectivity index (χ1) is 15.6. The molecule has 184 valence electrons. The van der Waals surface area contributed by atoms with E-state index in [1.54, 1.807) is 12.0 Å². The summed E-state index contributed by atoms with van der Waals surface area (Å²) < 4.78 is 5.13. The van der Waals surface area contributed by atoms with Crippen molar-refractivity contribution in [2.75, 3.05) is 41.8 Å². The Morgan fingerprint density at radius 3 is 2.09 bits per heavy atom. The lowest BCUT2D eigenvalue weighted by Crippen LogP contribution is -2.35. The molecule has 1 aromatic heterocycles. The number of ether oxygens (including phenoxy) is 1. The predicted octanol–water partition coefficient (Wildman–Crippen LogP) is 5.15. The standard InChI is InChI=1S/C14H20ClNO2.C9H16ClN5/c1-4-11-7-6-8-12(5-2)14(11)16(10-18-3)13(17)9-15;1-5-11-7-12-6(10)13-8(14-7)15-9(2,3)4/h6-8H,4-5,9-10H2,1-3H3;5H2,1-4H3,(H2,11,12,13,14,15). The van der Waals surface area contributed by atoms with Crippen molar-refractivity contribution in [2.24, 2.45) is 0 Å². The van der Waals surface area contributed by atoms with Crippen LogP contribution in [0.25, 0.3) is 0 Å². The highest BCUT2D eigenvalue weighted by molar-refractivity contribution is 6.29. The van der Waals surface area contributed by atoms with Gasteiger partial charge in [0, 0.05) is 19.2 Å². The van der Waals surface area contributed by atoms with Crippen LogP contribution >= 0.6 is 23.2 Å². The maximum absolute atomic E-state index is 12.0. The van der Waals surface area contributed by atoms with E-state index < -0.39 is 0 Å². The number of hydrogen-bond acceptors (Lipinski definition) is 7. The second-order valence-electron chi connectivity index (χ2n) is 8.16. The second kappa shape index (κ2) is 14.2. The maximum atomic E-state index is 12.0. The van der Waals surface area contributed by atoms with Gasteiger partial charge in [0.2, 0.25) is 23.1 Å². The summed E-state index contributed by atoms with van der Waals surface area (Å²) >= 11 is 11.4. The summed E-state index contributed by atoms with van der Waals surface area (Å²) in [4.78, 5) is 25.7. The van der Waals surface area contributed by atoms with E-state index in [9.17, 15) is 4.79 Å². The first kappa shape index (κ1) is 28.9. The number of alkyl halides is 1. The van der Waals surface area contributed by atoms with Gasteiger partial charge in [0.25, 0.3) is 0 Å². The van der Waals surface area contributed by atoms with Crippen LogP contribution in [0.5, 0.6) is 0 Å². The Hall–Kier alpha value is -2.16. The van der Waals surface area contributed by atoms with E-state index in [-0.39, 0.29) is 29.3 Å². The molecule has 0 aliphatic heterocycles. The van der Waals surface area contributed by atoms with Crippen molar-refractivity contribution < 1.29 is 9.53 Å². The van der Waals surface area contributed by atoms with Crippen LogP contribution < -0.4 is 15.5 Å². The molecule has 0 radical (unpaired) electrons. The molecular formula is C23H36Cl2N6O2. The SMILES string of the molecule is CCNc1nc(Cl)nc(NC(C)(C)C)n1.CCc1cccc(CC)c1N(COC)C(=O)CCl. The summed E-state index contributed by atoms with van der Waals surface area (Å²) in [5, 5.41) is 6.31. The van der Waals surface area contributed by atoms with E-state index in [0.717, 1.165) is 36.2 Å². The smallest absolute Gasteiger partial charge is 0.243 e. The fraction of sp³-hybridized carbons (Fsp3) is 0.565. The number of nitrogens with one attached hydrogen (secondary N) is 2. The van der Waals surface area contributed by atoms with Crippen LogP contribution in [0.4, 0.5) is 17.6 Å². The first-order valence-corrected chi connectivity index (χ1v) is 11.9. The Bertz CT molecular complexity index is 867. The lowest BCUT2D eigenvalue weighted by atomic mass is 10.0. The van der Waals surface area contributed by atoms with Gasteiger partial charge in [-0.2, -0.15) is 15.0 Å². The number of nitrogens with zero attached hydrogens (tertiary/aromatic N) is 4. The quantitative estimate of drug-likeness (QED) is 0.364. The van der Waals surface area contributed by atoms with E-state index in [0.29, 0.717) is 11.9 Å². The summed E-state index contributed by atoms with van der Waals surface area (Å²) in [6.45, 7) is 13.2. The number of hydrogen-bond donors (Lipinski definition) is 2. The van der Waals surface area contributed by atoms with Crippen molar-refractivity contribution in [2.45, 2.75) is 59.9 Å². The Morgan fingerprint density at radius 1 is 1.06 bits per heavy atom. The van der Waals surface area contributed by atoms with E-state index in [4.69, 9.17) is 27.9 Å². The van der Waals surface area contributed by atoms with Crippen LogP contribution in [0.2, 0.25) is 5.28 Å². The number of amides is 1. The lowest BCUT2D eigenvalue weighted by Gasteiger charge is -2.26. The predicted molar refractivity (Wildman–Crippen MR) is 138 cm³/mol. The van der Waals surface area contributed by atoms with Gasteiger partial charge in [0.1, 0.15) is 12.6 Å². The van der Waals surface area contributed by atoms with Crippen LogP contribution in [0.3, 0.4) is 0 Å². The fourth-order valence-corrected chi connectivity index (χ4v) is 3.31. The highest BCUT2D eigenvalue weighted by atomic mass is 35.5. The molecule has 8 nitrogen and oxygen atoms in total. The second-order valence-corrected chi connectivity index (χ2v) is 8.77. The van der Waals surface area contributed by atoms with Crippen molar-refractivity contribution >= 4 is 46.7 Å². The van der Waals surface area contributed by atoms with Gasteiger partial charge in [-0.05, 0) is 63.3 Å². The van der Waals surface area contributed by atoms with Crippen LogP contribution in [0.1, 0.15) is 52.7 Å². The molecule has 0 unspecified atom stereocenters. The fourth-order valence-electron chi connectivity index (χ4n) is 3.00. The molecule has 0 atom stereocenters. The summed E-state index contributed by atoms with van der Waals surface area (Å²) in [5.41, 5.74) is 3.14. The van der Waals surface area contributed by atoms with Crippen LogP contribution in [0.15, 0.2) is 18.2 Å². The minimum atomic E-state index is -0.130. The molecule has 2 N–H and O–H groups in total. The molecule has 0 fully saturated rings. The summed E-state index contributed by atoms with van der Waals surface area (Å²) in [7, 11) is 1.58. The van der Waals surface area contributed by atoms with Crippen LogP contribution in [-0.4, -0.2) is 52.7 Å². The van der Waals surface area contributed by atoms with Gasteiger partial charge in [-0.25, -0.2) is 0 Å². The van der Waals surface area contributed by atoms with Gasteiger partial charge >= 0.3 is 0 Å². The van der Waals surface area contributed by atoms with Gasteiger partial charge in [-0.15, -0.1) is 11.6 Å². The minimum absolute atomic E-state index is 0.0371. The van der Waals surface area contributed by atoms with Crippen LogP contribution in [-0.2, 0) is 22.4 Å². The molecule has 0 saturated carbocycles. The molecule has 1 amide bonds. The number of para-hydroxylation sites is 1. The molecule has 10 heteroatoms. The third kappa shape index (κ3) is 9.70. The van der Waals surface area contributed by atoms with E-state index in [2.05, 4.69) is 39.4 Å². The first-order valence-electron chi connectivity index (χ1n) is 11.0. The zero-order chi connectivity index (χ0) is 25.0. The molecule has 0 spiro atoms. The number of aryl methyl sites for hydroxylation is 2. The largest absolute Gasteiger partial charge is 0.364 e. The molecular weight excluding hydrogens is 463 g/mol. The lowest BCUT2D eigenvalue weighted by molar-refractivity contribution is -0.117.